The lowest BCUT2D eigenvalue weighted by molar-refractivity contribution is 0.305. The van der Waals surface area contributed by atoms with E-state index in [0.29, 0.717) is 6.61 Å². The highest BCUT2D eigenvalue weighted by atomic mass is 79.9. The van der Waals surface area contributed by atoms with Crippen molar-refractivity contribution < 1.29 is 4.74 Å². The van der Waals surface area contributed by atoms with E-state index in [-0.39, 0.29) is 0 Å². The van der Waals surface area contributed by atoms with E-state index in [9.17, 15) is 0 Å². The van der Waals surface area contributed by atoms with Gasteiger partial charge in [0.25, 0.3) is 0 Å². The first kappa shape index (κ1) is 14.4. The molecule has 0 aromatic heterocycles. The molecular formula is C15H15Br2NO. The van der Waals surface area contributed by atoms with E-state index in [0.717, 1.165) is 37.1 Å². The van der Waals surface area contributed by atoms with Gasteiger partial charge in [0.1, 0.15) is 12.4 Å². The van der Waals surface area contributed by atoms with E-state index in [2.05, 4.69) is 45.7 Å². The number of ether oxygens (including phenoxy) is 1. The molecule has 0 aliphatic carbocycles. The fourth-order valence-electron chi connectivity index (χ4n) is 1.87. The van der Waals surface area contributed by atoms with Crippen molar-refractivity contribution >= 4 is 37.5 Å². The molecule has 0 aliphatic heterocycles. The second kappa shape index (κ2) is 5.97. The van der Waals surface area contributed by atoms with Gasteiger partial charge in [0.05, 0.1) is 0 Å². The van der Waals surface area contributed by atoms with Crippen molar-refractivity contribution in [1.82, 2.24) is 0 Å². The Morgan fingerprint density at radius 3 is 2.32 bits per heavy atom. The van der Waals surface area contributed by atoms with Gasteiger partial charge in [0.15, 0.2) is 0 Å². The predicted molar refractivity (Wildman–Crippen MR) is 86.5 cm³/mol. The summed E-state index contributed by atoms with van der Waals surface area (Å²) in [5.41, 5.74) is 9.99. The highest BCUT2D eigenvalue weighted by Gasteiger charge is 2.07. The molecule has 0 aliphatic rings. The van der Waals surface area contributed by atoms with Crippen molar-refractivity contribution in [1.29, 1.82) is 0 Å². The standard InChI is InChI=1S/C15H15Br2NO/c1-9-6-11(7-10(2)15(9)17)19-8-12-13(16)4-3-5-14(12)18/h3-7H,8,18H2,1-2H3. The summed E-state index contributed by atoms with van der Waals surface area (Å²) in [4.78, 5) is 0. The number of hydrogen-bond donors (Lipinski definition) is 1. The van der Waals surface area contributed by atoms with Crippen LogP contribution in [0.15, 0.2) is 39.3 Å². The molecule has 0 saturated carbocycles. The number of anilines is 1. The van der Waals surface area contributed by atoms with Crippen molar-refractivity contribution in [3.8, 4) is 5.75 Å². The van der Waals surface area contributed by atoms with Gasteiger partial charge in [-0.15, -0.1) is 0 Å². The fourth-order valence-corrected chi connectivity index (χ4v) is 2.60. The predicted octanol–water partition coefficient (Wildman–Crippen LogP) is 4.99. The van der Waals surface area contributed by atoms with Crippen LogP contribution in [-0.2, 0) is 6.61 Å². The van der Waals surface area contributed by atoms with Crippen LogP contribution in [-0.4, -0.2) is 0 Å². The Kier molecular flexibility index (Phi) is 4.53. The average Bonchev–Trinajstić information content (AvgIpc) is 2.35. The van der Waals surface area contributed by atoms with Gasteiger partial charge in [-0.3, -0.25) is 0 Å². The molecule has 0 amide bonds. The van der Waals surface area contributed by atoms with Gasteiger partial charge in [0, 0.05) is 20.2 Å². The highest BCUT2D eigenvalue weighted by Crippen LogP contribution is 2.28. The number of nitrogen functional groups attached to an aromatic ring is 1. The Morgan fingerprint density at radius 2 is 1.74 bits per heavy atom. The molecule has 0 fully saturated rings. The third-order valence-corrected chi connectivity index (χ3v) is 4.94. The monoisotopic (exact) mass is 383 g/mol. The van der Waals surface area contributed by atoms with E-state index in [1.54, 1.807) is 0 Å². The molecule has 0 atom stereocenters. The highest BCUT2D eigenvalue weighted by molar-refractivity contribution is 9.10. The SMILES string of the molecule is Cc1cc(OCc2c(N)cccc2Br)cc(C)c1Br. The molecule has 100 valence electrons. The molecule has 0 heterocycles. The largest absolute Gasteiger partial charge is 0.489 e. The van der Waals surface area contributed by atoms with Crippen LogP contribution in [0, 0.1) is 13.8 Å². The zero-order chi connectivity index (χ0) is 14.0. The third kappa shape index (κ3) is 3.31. The van der Waals surface area contributed by atoms with Crippen LogP contribution >= 0.6 is 31.9 Å². The summed E-state index contributed by atoms with van der Waals surface area (Å²) in [6.45, 7) is 4.56. The smallest absolute Gasteiger partial charge is 0.120 e. The quantitative estimate of drug-likeness (QED) is 0.756. The summed E-state index contributed by atoms with van der Waals surface area (Å²) in [6, 6.07) is 9.79. The molecule has 0 radical (unpaired) electrons. The summed E-state index contributed by atoms with van der Waals surface area (Å²) in [7, 11) is 0. The molecule has 2 rings (SSSR count). The fraction of sp³-hybridized carbons (Fsp3) is 0.200. The van der Waals surface area contributed by atoms with Crippen LogP contribution in [0.1, 0.15) is 16.7 Å². The van der Waals surface area contributed by atoms with Crippen molar-refractivity contribution in [3.63, 3.8) is 0 Å². The maximum Gasteiger partial charge on any atom is 0.120 e. The summed E-state index contributed by atoms with van der Waals surface area (Å²) in [5, 5.41) is 0. The average molecular weight is 385 g/mol. The van der Waals surface area contributed by atoms with Gasteiger partial charge in [-0.25, -0.2) is 0 Å². The van der Waals surface area contributed by atoms with Crippen molar-refractivity contribution in [2.75, 3.05) is 5.73 Å². The van der Waals surface area contributed by atoms with Gasteiger partial charge in [-0.1, -0.05) is 37.9 Å². The van der Waals surface area contributed by atoms with E-state index in [1.807, 2.05) is 30.3 Å². The number of rotatable bonds is 3. The Bertz CT molecular complexity index is 568. The van der Waals surface area contributed by atoms with Gasteiger partial charge in [0.2, 0.25) is 0 Å². The van der Waals surface area contributed by atoms with Gasteiger partial charge < -0.3 is 10.5 Å². The molecule has 0 unspecified atom stereocenters. The molecule has 2 N–H and O–H groups in total. The van der Waals surface area contributed by atoms with E-state index < -0.39 is 0 Å². The minimum absolute atomic E-state index is 0.452. The lowest BCUT2D eigenvalue weighted by atomic mass is 10.1. The third-order valence-electron chi connectivity index (χ3n) is 2.95. The van der Waals surface area contributed by atoms with Crippen LogP contribution < -0.4 is 10.5 Å². The second-order valence-electron chi connectivity index (χ2n) is 4.47. The molecular weight excluding hydrogens is 370 g/mol. The zero-order valence-electron chi connectivity index (χ0n) is 10.8. The Balaban J connectivity index is 2.19. The first-order chi connectivity index (χ1) is 8.99. The van der Waals surface area contributed by atoms with Gasteiger partial charge >= 0.3 is 0 Å². The van der Waals surface area contributed by atoms with E-state index in [1.165, 1.54) is 0 Å². The maximum absolute atomic E-state index is 5.95. The molecule has 0 saturated heterocycles. The minimum Gasteiger partial charge on any atom is -0.489 e. The Labute approximate surface area is 130 Å². The summed E-state index contributed by atoms with van der Waals surface area (Å²) in [6.07, 6.45) is 0. The van der Waals surface area contributed by atoms with Gasteiger partial charge in [-0.2, -0.15) is 0 Å². The lowest BCUT2D eigenvalue weighted by Crippen LogP contribution is -2.01. The van der Waals surface area contributed by atoms with Crippen molar-refractivity contribution in [3.05, 3.63) is 56.0 Å². The topological polar surface area (TPSA) is 35.2 Å². The zero-order valence-corrected chi connectivity index (χ0v) is 14.0. The number of hydrogen-bond acceptors (Lipinski definition) is 2. The number of benzene rings is 2. The van der Waals surface area contributed by atoms with E-state index >= 15 is 0 Å². The van der Waals surface area contributed by atoms with Crippen LogP contribution in [0.5, 0.6) is 5.75 Å². The molecule has 2 aromatic carbocycles. The molecule has 2 nitrogen and oxygen atoms in total. The van der Waals surface area contributed by atoms with Crippen LogP contribution in [0.2, 0.25) is 0 Å². The van der Waals surface area contributed by atoms with Crippen molar-refractivity contribution in [2.45, 2.75) is 20.5 Å². The first-order valence-electron chi connectivity index (χ1n) is 5.91. The molecule has 0 spiro atoms. The summed E-state index contributed by atoms with van der Waals surface area (Å²) in [5.74, 6) is 0.855. The van der Waals surface area contributed by atoms with Crippen LogP contribution in [0.4, 0.5) is 5.69 Å². The number of aryl methyl sites for hydroxylation is 2. The first-order valence-corrected chi connectivity index (χ1v) is 7.50. The summed E-state index contributed by atoms with van der Waals surface area (Å²) >= 11 is 7.04. The van der Waals surface area contributed by atoms with Gasteiger partial charge in [-0.05, 0) is 49.2 Å². The number of nitrogens with two attached hydrogens (primary N) is 1. The summed E-state index contributed by atoms with van der Waals surface area (Å²) < 4.78 is 7.94. The van der Waals surface area contributed by atoms with Crippen LogP contribution in [0.3, 0.4) is 0 Å². The molecule has 2 aromatic rings. The lowest BCUT2D eigenvalue weighted by Gasteiger charge is -2.12. The minimum atomic E-state index is 0.452. The number of halogens is 2. The molecule has 4 heteroatoms. The van der Waals surface area contributed by atoms with Crippen LogP contribution in [0.25, 0.3) is 0 Å². The Hall–Kier alpha value is -1.000. The maximum atomic E-state index is 5.95. The molecule has 0 bridgehead atoms. The van der Waals surface area contributed by atoms with E-state index in [4.69, 9.17) is 10.5 Å². The normalized spacial score (nSPS) is 10.5. The second-order valence-corrected chi connectivity index (χ2v) is 6.11. The Morgan fingerprint density at radius 1 is 1.11 bits per heavy atom. The molecule has 19 heavy (non-hydrogen) atoms. The van der Waals surface area contributed by atoms with Crippen molar-refractivity contribution in [2.24, 2.45) is 0 Å².